The minimum Gasteiger partial charge on any atom is -0.380 e. The van der Waals surface area contributed by atoms with Crippen LogP contribution in [0.1, 0.15) is 55.7 Å². The first kappa shape index (κ1) is 15.0. The lowest BCUT2D eigenvalue weighted by Crippen LogP contribution is -2.39. The summed E-state index contributed by atoms with van der Waals surface area (Å²) in [6, 6.07) is 2.13. The Kier molecular flexibility index (Phi) is 4.81. The maximum atomic E-state index is 12.7. The van der Waals surface area contributed by atoms with E-state index in [2.05, 4.69) is 18.9 Å². The molecule has 0 bridgehead atoms. The summed E-state index contributed by atoms with van der Waals surface area (Å²) in [5.74, 6) is 0.412. The quantitative estimate of drug-likeness (QED) is 0.830. The number of likely N-dealkylation sites (tertiary alicyclic amines) is 1. The molecule has 5 heteroatoms. The topological polar surface area (TPSA) is 47.4 Å². The van der Waals surface area contributed by atoms with Crippen molar-refractivity contribution in [2.24, 2.45) is 7.05 Å². The van der Waals surface area contributed by atoms with Gasteiger partial charge in [-0.15, -0.1) is 0 Å². The summed E-state index contributed by atoms with van der Waals surface area (Å²) in [4.78, 5) is 14.6. The summed E-state index contributed by atoms with van der Waals surface area (Å²) in [6.07, 6.45) is 2.08. The molecule has 1 aromatic rings. The molecule has 5 nitrogen and oxygen atoms in total. The second-order valence-electron chi connectivity index (χ2n) is 5.69. The van der Waals surface area contributed by atoms with Crippen LogP contribution in [0, 0.1) is 0 Å². The van der Waals surface area contributed by atoms with Crippen LogP contribution >= 0.6 is 0 Å². The van der Waals surface area contributed by atoms with Crippen LogP contribution in [0.15, 0.2) is 6.07 Å². The SMILES string of the molecule is CCOCC1CCCN1C(=O)c1cc(C(C)C)nn1C. The molecule has 0 aromatic carbocycles. The zero-order valence-electron chi connectivity index (χ0n) is 12.9. The molecule has 2 rings (SSSR count). The molecule has 1 aliphatic rings. The molecule has 1 saturated heterocycles. The number of aromatic nitrogens is 2. The van der Waals surface area contributed by atoms with Gasteiger partial charge in [-0.05, 0) is 31.7 Å². The first-order chi connectivity index (χ1) is 9.54. The third kappa shape index (κ3) is 3.03. The van der Waals surface area contributed by atoms with Gasteiger partial charge in [0.25, 0.3) is 5.91 Å². The lowest BCUT2D eigenvalue weighted by Gasteiger charge is -2.24. The van der Waals surface area contributed by atoms with E-state index in [-0.39, 0.29) is 11.9 Å². The van der Waals surface area contributed by atoms with Crippen LogP contribution in [0.25, 0.3) is 0 Å². The van der Waals surface area contributed by atoms with Gasteiger partial charge in [-0.3, -0.25) is 9.48 Å². The molecular formula is C15H25N3O2. The second-order valence-corrected chi connectivity index (χ2v) is 5.69. The normalized spacial score (nSPS) is 19.1. The van der Waals surface area contributed by atoms with Gasteiger partial charge in [0.2, 0.25) is 0 Å². The average Bonchev–Trinajstić information content (AvgIpc) is 3.02. The van der Waals surface area contributed by atoms with Crippen molar-refractivity contribution in [3.05, 3.63) is 17.5 Å². The molecule has 1 aliphatic heterocycles. The highest BCUT2D eigenvalue weighted by atomic mass is 16.5. The molecule has 1 amide bonds. The number of hydrogen-bond acceptors (Lipinski definition) is 3. The number of ether oxygens (including phenoxy) is 1. The molecule has 1 aromatic heterocycles. The Bertz CT molecular complexity index is 468. The fourth-order valence-electron chi connectivity index (χ4n) is 2.65. The van der Waals surface area contributed by atoms with Gasteiger partial charge in [0, 0.05) is 20.2 Å². The summed E-state index contributed by atoms with van der Waals surface area (Å²) < 4.78 is 7.19. The number of aryl methyl sites for hydroxylation is 1. The monoisotopic (exact) mass is 279 g/mol. The van der Waals surface area contributed by atoms with E-state index in [1.165, 1.54) is 0 Å². The maximum absolute atomic E-state index is 12.7. The summed E-state index contributed by atoms with van der Waals surface area (Å²) in [7, 11) is 1.84. The number of hydrogen-bond donors (Lipinski definition) is 0. The summed E-state index contributed by atoms with van der Waals surface area (Å²) in [5, 5.41) is 4.43. The molecule has 20 heavy (non-hydrogen) atoms. The number of rotatable bonds is 5. The van der Waals surface area contributed by atoms with Crippen LogP contribution in [0.3, 0.4) is 0 Å². The van der Waals surface area contributed by atoms with Gasteiger partial charge in [0.05, 0.1) is 18.3 Å². The average molecular weight is 279 g/mol. The highest BCUT2D eigenvalue weighted by molar-refractivity contribution is 5.93. The van der Waals surface area contributed by atoms with Crippen molar-refractivity contribution in [3.8, 4) is 0 Å². The maximum Gasteiger partial charge on any atom is 0.272 e. The lowest BCUT2D eigenvalue weighted by atomic mass is 10.1. The predicted molar refractivity (Wildman–Crippen MR) is 77.8 cm³/mol. The van der Waals surface area contributed by atoms with E-state index in [0.29, 0.717) is 24.8 Å². The zero-order chi connectivity index (χ0) is 14.7. The highest BCUT2D eigenvalue weighted by Crippen LogP contribution is 2.22. The Balaban J connectivity index is 2.13. The van der Waals surface area contributed by atoms with Gasteiger partial charge in [-0.25, -0.2) is 0 Å². The van der Waals surface area contributed by atoms with E-state index in [4.69, 9.17) is 4.74 Å². The lowest BCUT2D eigenvalue weighted by molar-refractivity contribution is 0.0555. The fraction of sp³-hybridized carbons (Fsp3) is 0.733. The molecule has 1 atom stereocenters. The van der Waals surface area contributed by atoms with Crippen molar-refractivity contribution in [1.29, 1.82) is 0 Å². The van der Waals surface area contributed by atoms with Crippen LogP contribution in [0.4, 0.5) is 0 Å². The van der Waals surface area contributed by atoms with Crippen molar-refractivity contribution in [3.63, 3.8) is 0 Å². The summed E-state index contributed by atoms with van der Waals surface area (Å²) in [6.45, 7) is 8.31. The van der Waals surface area contributed by atoms with Crippen LogP contribution in [0.5, 0.6) is 0 Å². The summed E-state index contributed by atoms with van der Waals surface area (Å²) in [5.41, 5.74) is 1.65. The Morgan fingerprint density at radius 2 is 2.30 bits per heavy atom. The van der Waals surface area contributed by atoms with E-state index >= 15 is 0 Å². The predicted octanol–water partition coefficient (Wildman–Crippen LogP) is 2.18. The molecule has 112 valence electrons. The molecular weight excluding hydrogens is 254 g/mol. The van der Waals surface area contributed by atoms with E-state index in [0.717, 1.165) is 25.1 Å². The third-order valence-electron chi connectivity index (χ3n) is 3.86. The molecule has 0 N–H and O–H groups in total. The Hall–Kier alpha value is -1.36. The van der Waals surface area contributed by atoms with Crippen LogP contribution in [-0.4, -0.2) is 46.4 Å². The van der Waals surface area contributed by atoms with E-state index < -0.39 is 0 Å². The van der Waals surface area contributed by atoms with Crippen molar-refractivity contribution in [2.75, 3.05) is 19.8 Å². The van der Waals surface area contributed by atoms with E-state index in [1.807, 2.05) is 24.9 Å². The Morgan fingerprint density at radius 3 is 2.90 bits per heavy atom. The van der Waals surface area contributed by atoms with E-state index in [1.54, 1.807) is 4.68 Å². The molecule has 0 radical (unpaired) electrons. The smallest absolute Gasteiger partial charge is 0.272 e. The van der Waals surface area contributed by atoms with Gasteiger partial charge >= 0.3 is 0 Å². The summed E-state index contributed by atoms with van der Waals surface area (Å²) >= 11 is 0. The largest absolute Gasteiger partial charge is 0.380 e. The Labute approximate surface area is 120 Å². The first-order valence-electron chi connectivity index (χ1n) is 7.47. The van der Waals surface area contributed by atoms with Crippen LogP contribution < -0.4 is 0 Å². The van der Waals surface area contributed by atoms with Crippen molar-refractivity contribution < 1.29 is 9.53 Å². The van der Waals surface area contributed by atoms with Crippen LogP contribution in [-0.2, 0) is 11.8 Å². The first-order valence-corrected chi connectivity index (χ1v) is 7.47. The molecule has 0 aliphatic carbocycles. The fourth-order valence-corrected chi connectivity index (χ4v) is 2.65. The molecule has 1 fully saturated rings. The second kappa shape index (κ2) is 6.39. The molecule has 2 heterocycles. The molecule has 0 spiro atoms. The van der Waals surface area contributed by atoms with Gasteiger partial charge in [-0.2, -0.15) is 5.10 Å². The number of carbonyl (C=O) groups is 1. The zero-order valence-corrected chi connectivity index (χ0v) is 12.9. The van der Waals surface area contributed by atoms with Gasteiger partial charge in [-0.1, -0.05) is 13.8 Å². The van der Waals surface area contributed by atoms with Gasteiger partial charge in [0.15, 0.2) is 0 Å². The third-order valence-corrected chi connectivity index (χ3v) is 3.86. The number of nitrogens with zero attached hydrogens (tertiary/aromatic N) is 3. The minimum atomic E-state index is 0.0779. The van der Waals surface area contributed by atoms with Crippen molar-refractivity contribution in [2.45, 2.75) is 45.6 Å². The van der Waals surface area contributed by atoms with Crippen molar-refractivity contribution in [1.82, 2.24) is 14.7 Å². The minimum absolute atomic E-state index is 0.0779. The standard InChI is InChI=1S/C15H25N3O2/c1-5-20-10-12-7-6-8-18(12)15(19)14-9-13(11(2)3)16-17(14)4/h9,11-12H,5-8,10H2,1-4H3. The van der Waals surface area contributed by atoms with Gasteiger partial charge in [0.1, 0.15) is 5.69 Å². The van der Waals surface area contributed by atoms with E-state index in [9.17, 15) is 4.79 Å². The highest BCUT2D eigenvalue weighted by Gasteiger charge is 2.31. The molecule has 1 unspecified atom stereocenters. The van der Waals surface area contributed by atoms with Crippen molar-refractivity contribution >= 4 is 5.91 Å². The van der Waals surface area contributed by atoms with Gasteiger partial charge < -0.3 is 9.64 Å². The number of carbonyl (C=O) groups excluding carboxylic acids is 1. The number of amides is 1. The molecule has 0 saturated carbocycles. The van der Waals surface area contributed by atoms with Crippen LogP contribution in [0.2, 0.25) is 0 Å². The Morgan fingerprint density at radius 1 is 1.55 bits per heavy atom.